The average Bonchev–Trinajstić information content (AvgIpc) is 2.45. The molecule has 0 radical (unpaired) electrons. The molecule has 0 aliphatic carbocycles. The Morgan fingerprint density at radius 3 is 2.80 bits per heavy atom. The smallest absolute Gasteiger partial charge is 0.296 e. The Balaban J connectivity index is 2.36. The van der Waals surface area contributed by atoms with E-state index in [1.165, 1.54) is 0 Å². The van der Waals surface area contributed by atoms with Crippen LogP contribution in [-0.4, -0.2) is 11.9 Å². The number of hydrogen-bond donors (Lipinski definition) is 1. The molecule has 5 heteroatoms. The molecule has 1 aliphatic rings. The number of ether oxygens (including phenoxy) is 1. The third-order valence-corrected chi connectivity index (χ3v) is 2.81. The summed E-state index contributed by atoms with van der Waals surface area (Å²) in [6, 6.07) is 5.58. The Labute approximate surface area is 95.3 Å². The molecule has 2 rings (SSSR count). The van der Waals surface area contributed by atoms with Gasteiger partial charge in [0.05, 0.1) is 0 Å². The maximum atomic E-state index is 11.4. The van der Waals surface area contributed by atoms with Crippen LogP contribution in [0.1, 0.15) is 17.2 Å². The van der Waals surface area contributed by atoms with E-state index in [9.17, 15) is 4.79 Å². The van der Waals surface area contributed by atoms with E-state index >= 15 is 0 Å². The van der Waals surface area contributed by atoms with Crippen molar-refractivity contribution in [1.82, 2.24) is 0 Å². The number of halogens is 1. The molecule has 4 nitrogen and oxygen atoms in total. The van der Waals surface area contributed by atoms with Crippen LogP contribution in [0.4, 0.5) is 0 Å². The van der Waals surface area contributed by atoms with Crippen molar-refractivity contribution in [2.45, 2.75) is 13.0 Å². The van der Waals surface area contributed by atoms with Gasteiger partial charge in [0.15, 0.2) is 0 Å². The Morgan fingerprint density at radius 1 is 1.53 bits per heavy atom. The van der Waals surface area contributed by atoms with Crippen molar-refractivity contribution in [3.8, 4) is 0 Å². The maximum Gasteiger partial charge on any atom is 0.296 e. The van der Waals surface area contributed by atoms with Gasteiger partial charge in [0.1, 0.15) is 0 Å². The number of nitrogens with two attached hydrogens (primary N) is 1. The second kappa shape index (κ2) is 3.66. The van der Waals surface area contributed by atoms with Gasteiger partial charge in [-0.05, 0) is 18.6 Å². The molecular formula is C10H9BrN2O2. The van der Waals surface area contributed by atoms with Gasteiger partial charge in [0, 0.05) is 10.0 Å². The first kappa shape index (κ1) is 10.2. The van der Waals surface area contributed by atoms with Gasteiger partial charge in [-0.3, -0.25) is 4.79 Å². The Kier molecular flexibility index (Phi) is 2.48. The van der Waals surface area contributed by atoms with E-state index in [1.807, 2.05) is 25.1 Å². The van der Waals surface area contributed by atoms with Gasteiger partial charge in [0.2, 0.25) is 6.10 Å². The molecule has 1 heterocycles. The van der Waals surface area contributed by atoms with Crippen LogP contribution in [0.25, 0.3) is 0 Å². The van der Waals surface area contributed by atoms with Crippen LogP contribution in [0.3, 0.4) is 0 Å². The van der Waals surface area contributed by atoms with E-state index in [2.05, 4.69) is 20.9 Å². The van der Waals surface area contributed by atoms with Crippen LogP contribution in [0.5, 0.6) is 0 Å². The molecule has 0 bridgehead atoms. The van der Waals surface area contributed by atoms with E-state index in [1.54, 1.807) is 0 Å². The summed E-state index contributed by atoms with van der Waals surface area (Å²) in [7, 11) is 0. The number of hydrogen-bond acceptors (Lipinski definition) is 3. The zero-order valence-electron chi connectivity index (χ0n) is 8.03. The number of amidine groups is 1. The lowest BCUT2D eigenvalue weighted by atomic mass is 10.1. The molecule has 0 saturated heterocycles. The van der Waals surface area contributed by atoms with Crippen molar-refractivity contribution in [1.29, 1.82) is 0 Å². The third-order valence-electron chi connectivity index (χ3n) is 2.12. The first-order valence-electron chi connectivity index (χ1n) is 4.38. The van der Waals surface area contributed by atoms with Crippen molar-refractivity contribution < 1.29 is 9.53 Å². The fraction of sp³-hybridized carbons (Fsp3) is 0.200. The topological polar surface area (TPSA) is 64.7 Å². The lowest BCUT2D eigenvalue weighted by Gasteiger charge is -2.10. The quantitative estimate of drug-likeness (QED) is 0.843. The predicted octanol–water partition coefficient (Wildman–Crippen LogP) is 1.67. The molecule has 0 spiro atoms. The van der Waals surface area contributed by atoms with Crippen LogP contribution < -0.4 is 5.73 Å². The standard InChI is InChI=1S/C10H9BrN2O2/c1-5-2-3-6(7(11)4-5)8-9(14)13-10(12)15-8/h2-4,8H,1H3,(H2,12,13,14). The number of benzene rings is 1. The van der Waals surface area contributed by atoms with Crippen molar-refractivity contribution in [3.05, 3.63) is 33.8 Å². The highest BCUT2D eigenvalue weighted by Crippen LogP contribution is 2.30. The number of aliphatic imine (C=N–C) groups is 1. The highest BCUT2D eigenvalue weighted by Gasteiger charge is 2.30. The molecule has 0 saturated carbocycles. The fourth-order valence-corrected chi connectivity index (χ4v) is 2.11. The first-order chi connectivity index (χ1) is 7.08. The lowest BCUT2D eigenvalue weighted by molar-refractivity contribution is -0.122. The normalized spacial score (nSPS) is 20.0. The van der Waals surface area contributed by atoms with Crippen LogP contribution in [0, 0.1) is 6.92 Å². The van der Waals surface area contributed by atoms with E-state index < -0.39 is 6.10 Å². The predicted molar refractivity (Wildman–Crippen MR) is 59.3 cm³/mol. The highest BCUT2D eigenvalue weighted by molar-refractivity contribution is 9.10. The van der Waals surface area contributed by atoms with Gasteiger partial charge >= 0.3 is 0 Å². The van der Waals surface area contributed by atoms with Crippen molar-refractivity contribution >= 4 is 27.9 Å². The molecule has 1 unspecified atom stereocenters. The minimum absolute atomic E-state index is 0.0718. The minimum atomic E-state index is -0.708. The molecule has 1 atom stereocenters. The zero-order valence-corrected chi connectivity index (χ0v) is 9.61. The van der Waals surface area contributed by atoms with E-state index in [0.717, 1.165) is 15.6 Å². The summed E-state index contributed by atoms with van der Waals surface area (Å²) in [6.45, 7) is 1.97. The van der Waals surface area contributed by atoms with Gasteiger partial charge in [-0.1, -0.05) is 28.1 Å². The maximum absolute atomic E-state index is 11.4. The molecular weight excluding hydrogens is 260 g/mol. The van der Waals surface area contributed by atoms with E-state index in [4.69, 9.17) is 10.5 Å². The zero-order chi connectivity index (χ0) is 11.0. The summed E-state index contributed by atoms with van der Waals surface area (Å²) in [4.78, 5) is 14.9. The number of aryl methyl sites for hydroxylation is 1. The summed E-state index contributed by atoms with van der Waals surface area (Å²) >= 11 is 3.38. The molecule has 2 N–H and O–H groups in total. The van der Waals surface area contributed by atoms with Crippen LogP contribution in [0.15, 0.2) is 27.7 Å². The van der Waals surface area contributed by atoms with Crippen LogP contribution in [-0.2, 0) is 9.53 Å². The Morgan fingerprint density at radius 2 is 2.27 bits per heavy atom. The van der Waals surface area contributed by atoms with Crippen LogP contribution in [0.2, 0.25) is 0 Å². The van der Waals surface area contributed by atoms with Crippen molar-refractivity contribution in [2.75, 3.05) is 0 Å². The third kappa shape index (κ3) is 1.87. The SMILES string of the molecule is Cc1ccc(C2OC(N)=NC2=O)c(Br)c1. The molecule has 0 aromatic heterocycles. The molecule has 1 aromatic rings. The molecule has 1 aliphatic heterocycles. The lowest BCUT2D eigenvalue weighted by Crippen LogP contribution is -2.14. The fourth-order valence-electron chi connectivity index (χ4n) is 1.41. The number of rotatable bonds is 1. The van der Waals surface area contributed by atoms with Gasteiger partial charge in [0.25, 0.3) is 11.9 Å². The summed E-state index contributed by atoms with van der Waals surface area (Å²) < 4.78 is 5.95. The highest BCUT2D eigenvalue weighted by atomic mass is 79.9. The average molecular weight is 269 g/mol. The van der Waals surface area contributed by atoms with Gasteiger partial charge in [-0.2, -0.15) is 4.99 Å². The van der Waals surface area contributed by atoms with E-state index in [0.29, 0.717) is 0 Å². The number of carbonyl (C=O) groups excluding carboxylic acids is 1. The van der Waals surface area contributed by atoms with Gasteiger partial charge < -0.3 is 10.5 Å². The number of nitrogens with zero attached hydrogens (tertiary/aromatic N) is 1. The number of carbonyl (C=O) groups is 1. The van der Waals surface area contributed by atoms with Gasteiger partial charge in [-0.25, -0.2) is 0 Å². The largest absolute Gasteiger partial charge is 0.447 e. The second-order valence-corrected chi connectivity index (χ2v) is 4.17. The summed E-state index contributed by atoms with van der Waals surface area (Å²) in [6.07, 6.45) is -0.708. The minimum Gasteiger partial charge on any atom is -0.447 e. The first-order valence-corrected chi connectivity index (χ1v) is 5.18. The molecule has 0 fully saturated rings. The summed E-state index contributed by atoms with van der Waals surface area (Å²) in [5, 5.41) is 0. The molecule has 15 heavy (non-hydrogen) atoms. The second-order valence-electron chi connectivity index (χ2n) is 3.31. The van der Waals surface area contributed by atoms with Gasteiger partial charge in [-0.15, -0.1) is 0 Å². The molecule has 78 valence electrons. The van der Waals surface area contributed by atoms with Crippen molar-refractivity contribution in [3.63, 3.8) is 0 Å². The Hall–Kier alpha value is -1.36. The number of amides is 1. The monoisotopic (exact) mass is 268 g/mol. The van der Waals surface area contributed by atoms with Crippen molar-refractivity contribution in [2.24, 2.45) is 10.7 Å². The molecule has 1 aromatic carbocycles. The van der Waals surface area contributed by atoms with E-state index in [-0.39, 0.29) is 11.9 Å². The Bertz CT molecular complexity index is 457. The molecule has 1 amide bonds. The summed E-state index contributed by atoms with van der Waals surface area (Å²) in [5.41, 5.74) is 7.17. The summed E-state index contributed by atoms with van der Waals surface area (Å²) in [5.74, 6) is -0.364. The van der Waals surface area contributed by atoms with Crippen LogP contribution >= 0.6 is 15.9 Å².